The van der Waals surface area contributed by atoms with Crippen LogP contribution in [-0.4, -0.2) is 44.1 Å². The zero-order chi connectivity index (χ0) is 21.3. The van der Waals surface area contributed by atoms with E-state index in [1.165, 1.54) is 22.7 Å². The van der Waals surface area contributed by atoms with Gasteiger partial charge in [-0.25, -0.2) is 21.9 Å². The third kappa shape index (κ3) is 4.90. The largest absolute Gasteiger partial charge is 0.459 e. The SMILES string of the molecule is Cc1c([C@@H](NC(=O)N[C@H]2CCCN(S(C)(=O)=O)C2)C(C)C)oc2ccc(F)cc12. The van der Waals surface area contributed by atoms with Crippen LogP contribution in [0.3, 0.4) is 0 Å². The molecule has 1 aromatic heterocycles. The van der Waals surface area contributed by atoms with Gasteiger partial charge in [0.15, 0.2) is 0 Å². The van der Waals surface area contributed by atoms with E-state index in [0.29, 0.717) is 36.1 Å². The number of aryl methyl sites for hydroxylation is 1. The number of urea groups is 1. The van der Waals surface area contributed by atoms with Gasteiger partial charge in [0.25, 0.3) is 0 Å². The van der Waals surface area contributed by atoms with E-state index in [2.05, 4.69) is 10.6 Å². The zero-order valence-electron chi connectivity index (χ0n) is 17.2. The molecule has 2 atom stereocenters. The average molecular weight is 426 g/mol. The van der Waals surface area contributed by atoms with Crippen molar-refractivity contribution in [2.75, 3.05) is 19.3 Å². The van der Waals surface area contributed by atoms with E-state index in [1.807, 2.05) is 20.8 Å². The summed E-state index contributed by atoms with van der Waals surface area (Å²) in [7, 11) is -3.28. The van der Waals surface area contributed by atoms with Gasteiger partial charge in [-0.15, -0.1) is 0 Å². The summed E-state index contributed by atoms with van der Waals surface area (Å²) in [6, 6.07) is 3.32. The Kier molecular flexibility index (Phi) is 6.19. The first-order valence-electron chi connectivity index (χ1n) is 9.77. The monoisotopic (exact) mass is 425 g/mol. The first-order chi connectivity index (χ1) is 13.6. The molecule has 1 aromatic carbocycles. The van der Waals surface area contributed by atoms with E-state index in [1.54, 1.807) is 6.07 Å². The van der Waals surface area contributed by atoms with Crippen LogP contribution in [0.15, 0.2) is 22.6 Å². The van der Waals surface area contributed by atoms with Gasteiger partial charge >= 0.3 is 6.03 Å². The number of amides is 2. The van der Waals surface area contributed by atoms with Crippen molar-refractivity contribution < 1.29 is 22.0 Å². The quantitative estimate of drug-likeness (QED) is 0.769. The van der Waals surface area contributed by atoms with Crippen molar-refractivity contribution in [1.29, 1.82) is 0 Å². The van der Waals surface area contributed by atoms with Crippen LogP contribution in [0.25, 0.3) is 11.0 Å². The van der Waals surface area contributed by atoms with Crippen LogP contribution in [0.1, 0.15) is 44.1 Å². The molecule has 0 saturated carbocycles. The highest BCUT2D eigenvalue weighted by molar-refractivity contribution is 7.88. The molecule has 0 spiro atoms. The van der Waals surface area contributed by atoms with E-state index in [4.69, 9.17) is 4.42 Å². The molecule has 160 valence electrons. The van der Waals surface area contributed by atoms with Crippen LogP contribution in [0, 0.1) is 18.7 Å². The normalized spacial score (nSPS) is 19.4. The van der Waals surface area contributed by atoms with Gasteiger partial charge in [-0.05, 0) is 43.9 Å². The fourth-order valence-electron chi connectivity index (χ4n) is 3.77. The minimum Gasteiger partial charge on any atom is -0.459 e. The van der Waals surface area contributed by atoms with Crippen LogP contribution in [0.2, 0.25) is 0 Å². The fraction of sp³-hybridized carbons (Fsp3) is 0.550. The second-order valence-electron chi connectivity index (χ2n) is 8.03. The summed E-state index contributed by atoms with van der Waals surface area (Å²) in [5.41, 5.74) is 1.36. The van der Waals surface area contributed by atoms with Gasteiger partial charge in [0.2, 0.25) is 10.0 Å². The van der Waals surface area contributed by atoms with Gasteiger partial charge in [0, 0.05) is 30.1 Å². The van der Waals surface area contributed by atoms with Crippen LogP contribution in [-0.2, 0) is 10.0 Å². The van der Waals surface area contributed by atoms with Crippen LogP contribution in [0.4, 0.5) is 9.18 Å². The number of piperidine rings is 1. The number of nitrogens with one attached hydrogen (secondary N) is 2. The molecule has 2 aromatic rings. The molecule has 9 heteroatoms. The van der Waals surface area contributed by atoms with Crippen molar-refractivity contribution in [3.05, 3.63) is 35.3 Å². The summed E-state index contributed by atoms with van der Waals surface area (Å²) < 4.78 is 44.5. The Morgan fingerprint density at radius 2 is 2.07 bits per heavy atom. The maximum atomic E-state index is 13.6. The van der Waals surface area contributed by atoms with Gasteiger partial charge in [-0.2, -0.15) is 0 Å². The van der Waals surface area contributed by atoms with Crippen molar-refractivity contribution >= 4 is 27.0 Å². The molecule has 0 unspecified atom stereocenters. The Bertz CT molecular complexity index is 1000. The predicted octanol–water partition coefficient (Wildman–Crippen LogP) is 3.30. The first kappa shape index (κ1) is 21.6. The standard InChI is InChI=1S/C20H28FN3O4S/c1-12(2)18(19-13(3)16-10-14(21)7-8-17(16)28-19)23-20(25)22-15-6-5-9-24(11-15)29(4,26)27/h7-8,10,12,15,18H,5-6,9,11H2,1-4H3,(H2,22,23,25)/t15-,18-/m0/s1. The molecule has 1 aliphatic heterocycles. The van der Waals surface area contributed by atoms with Gasteiger partial charge in [-0.3, -0.25) is 0 Å². The first-order valence-corrected chi connectivity index (χ1v) is 11.6. The van der Waals surface area contributed by atoms with E-state index >= 15 is 0 Å². The van der Waals surface area contributed by atoms with Crippen LogP contribution in [0.5, 0.6) is 0 Å². The van der Waals surface area contributed by atoms with E-state index in [0.717, 1.165) is 5.56 Å². The number of sulfonamides is 1. The van der Waals surface area contributed by atoms with Gasteiger partial charge < -0.3 is 15.1 Å². The van der Waals surface area contributed by atoms with Crippen molar-refractivity contribution in [3.63, 3.8) is 0 Å². The number of hydrogen-bond donors (Lipinski definition) is 2. The minimum absolute atomic E-state index is 0.0312. The molecule has 1 fully saturated rings. The van der Waals surface area contributed by atoms with Gasteiger partial charge in [0.05, 0.1) is 12.3 Å². The highest BCUT2D eigenvalue weighted by Crippen LogP contribution is 2.33. The Morgan fingerprint density at radius 3 is 2.72 bits per heavy atom. The van der Waals surface area contributed by atoms with Crippen LogP contribution >= 0.6 is 0 Å². The third-order valence-corrected chi connectivity index (χ3v) is 6.63. The van der Waals surface area contributed by atoms with Crippen LogP contribution < -0.4 is 10.6 Å². The molecular weight excluding hydrogens is 397 g/mol. The second kappa shape index (κ2) is 8.31. The number of fused-ring (bicyclic) bond motifs is 1. The summed E-state index contributed by atoms with van der Waals surface area (Å²) in [5.74, 6) is 0.286. The molecule has 29 heavy (non-hydrogen) atoms. The minimum atomic E-state index is -3.28. The molecule has 0 bridgehead atoms. The Morgan fingerprint density at radius 1 is 1.34 bits per heavy atom. The number of nitrogens with zero attached hydrogens (tertiary/aromatic N) is 1. The number of furan rings is 1. The zero-order valence-corrected chi connectivity index (χ0v) is 18.0. The number of hydrogen-bond acceptors (Lipinski definition) is 4. The predicted molar refractivity (Wildman–Crippen MR) is 110 cm³/mol. The molecule has 3 rings (SSSR count). The topological polar surface area (TPSA) is 91.7 Å². The van der Waals surface area contributed by atoms with E-state index in [9.17, 15) is 17.6 Å². The maximum absolute atomic E-state index is 13.6. The molecule has 0 radical (unpaired) electrons. The Hall–Kier alpha value is -2.13. The second-order valence-corrected chi connectivity index (χ2v) is 10.0. The van der Waals surface area contributed by atoms with Gasteiger partial charge in [0.1, 0.15) is 17.2 Å². The maximum Gasteiger partial charge on any atom is 0.315 e. The molecule has 0 aliphatic carbocycles. The highest BCUT2D eigenvalue weighted by Gasteiger charge is 2.29. The summed E-state index contributed by atoms with van der Waals surface area (Å²) in [4.78, 5) is 12.6. The lowest BCUT2D eigenvalue weighted by Crippen LogP contribution is -2.52. The van der Waals surface area contributed by atoms with Gasteiger partial charge in [-0.1, -0.05) is 13.8 Å². The molecule has 2 N–H and O–H groups in total. The Balaban J connectivity index is 1.74. The molecular formula is C20H28FN3O4S. The lowest BCUT2D eigenvalue weighted by atomic mass is 9.98. The van der Waals surface area contributed by atoms with Crippen molar-refractivity contribution in [2.45, 2.75) is 45.7 Å². The number of carbonyl (C=O) groups is 1. The van der Waals surface area contributed by atoms with E-state index in [-0.39, 0.29) is 30.4 Å². The summed E-state index contributed by atoms with van der Waals surface area (Å²) >= 11 is 0. The summed E-state index contributed by atoms with van der Waals surface area (Å²) in [6.07, 6.45) is 2.59. The van der Waals surface area contributed by atoms with Crippen molar-refractivity contribution in [2.24, 2.45) is 5.92 Å². The Labute approximate surface area is 170 Å². The van der Waals surface area contributed by atoms with Crippen molar-refractivity contribution in [1.82, 2.24) is 14.9 Å². The average Bonchev–Trinajstić information content (AvgIpc) is 2.95. The molecule has 1 aliphatic rings. The lowest BCUT2D eigenvalue weighted by molar-refractivity contribution is 0.216. The van der Waals surface area contributed by atoms with Crippen molar-refractivity contribution in [3.8, 4) is 0 Å². The smallest absolute Gasteiger partial charge is 0.315 e. The number of rotatable bonds is 5. The molecule has 7 nitrogen and oxygen atoms in total. The number of carbonyl (C=O) groups excluding carboxylic acids is 1. The molecule has 2 heterocycles. The van der Waals surface area contributed by atoms with E-state index < -0.39 is 16.1 Å². The summed E-state index contributed by atoms with van der Waals surface area (Å²) in [6.45, 7) is 6.51. The summed E-state index contributed by atoms with van der Waals surface area (Å²) in [5, 5.41) is 6.51. The fourth-order valence-corrected chi connectivity index (χ4v) is 4.68. The lowest BCUT2D eigenvalue weighted by Gasteiger charge is -2.32. The molecule has 1 saturated heterocycles. The molecule has 2 amide bonds. The third-order valence-electron chi connectivity index (χ3n) is 5.36. The number of benzene rings is 1. The number of halogens is 1. The highest BCUT2D eigenvalue weighted by atomic mass is 32.2.